The van der Waals surface area contributed by atoms with Crippen LogP contribution >= 0.6 is 0 Å². The van der Waals surface area contributed by atoms with Crippen molar-refractivity contribution in [3.8, 4) is 0 Å². The number of carboxylic acids is 1. The fourth-order valence-corrected chi connectivity index (χ4v) is 2.66. The highest BCUT2D eigenvalue weighted by Gasteiger charge is 2.15. The molecule has 1 fully saturated rings. The van der Waals surface area contributed by atoms with Crippen LogP contribution in [0.3, 0.4) is 0 Å². The largest absolute Gasteiger partial charge is 0.478 e. The van der Waals surface area contributed by atoms with Crippen LogP contribution in [0.1, 0.15) is 52.8 Å². The molecule has 0 radical (unpaired) electrons. The van der Waals surface area contributed by atoms with Crippen molar-refractivity contribution < 1.29 is 19.5 Å². The van der Waals surface area contributed by atoms with Crippen molar-refractivity contribution in [2.75, 3.05) is 19.6 Å². The van der Waals surface area contributed by atoms with E-state index in [9.17, 15) is 14.4 Å². The van der Waals surface area contributed by atoms with Crippen molar-refractivity contribution in [1.82, 2.24) is 10.2 Å². The zero-order chi connectivity index (χ0) is 16.7. The number of benzene rings is 1. The Bertz CT molecular complexity index is 578. The second-order valence-corrected chi connectivity index (χ2v) is 5.69. The average Bonchev–Trinajstić information content (AvgIpc) is 2.84. The molecule has 2 N–H and O–H groups in total. The van der Waals surface area contributed by atoms with E-state index in [1.165, 1.54) is 31.0 Å². The first kappa shape index (κ1) is 17.0. The van der Waals surface area contributed by atoms with Gasteiger partial charge >= 0.3 is 5.97 Å². The summed E-state index contributed by atoms with van der Waals surface area (Å²) in [5, 5.41) is 11.6. The molecule has 2 rings (SSSR count). The third-order valence-corrected chi connectivity index (χ3v) is 3.95. The lowest BCUT2D eigenvalue weighted by Gasteiger charge is -2.20. The van der Waals surface area contributed by atoms with Gasteiger partial charge in [0.05, 0.1) is 5.56 Å². The standard InChI is InChI=1S/C17H22N2O4/c20-15(19-10-3-1-2-4-11-19)8-9-18-16(21)13-6-5-7-14(12-13)17(22)23/h5-7,12H,1-4,8-11H2,(H,18,21)(H,22,23). The summed E-state index contributed by atoms with van der Waals surface area (Å²) in [5.74, 6) is -1.38. The minimum Gasteiger partial charge on any atom is -0.478 e. The number of hydrogen-bond donors (Lipinski definition) is 2. The van der Waals surface area contributed by atoms with Crippen LogP contribution in [0.2, 0.25) is 0 Å². The summed E-state index contributed by atoms with van der Waals surface area (Å²) in [5.41, 5.74) is 0.352. The highest BCUT2D eigenvalue weighted by Crippen LogP contribution is 2.10. The lowest BCUT2D eigenvalue weighted by molar-refractivity contribution is -0.131. The Morgan fingerprint density at radius 3 is 2.35 bits per heavy atom. The van der Waals surface area contributed by atoms with Crippen molar-refractivity contribution in [3.05, 3.63) is 35.4 Å². The second-order valence-electron chi connectivity index (χ2n) is 5.69. The number of carbonyl (C=O) groups excluding carboxylic acids is 2. The molecular weight excluding hydrogens is 296 g/mol. The van der Waals surface area contributed by atoms with Crippen LogP contribution in [-0.2, 0) is 4.79 Å². The number of aromatic carboxylic acids is 1. The molecule has 1 aliphatic rings. The molecule has 1 saturated heterocycles. The molecule has 0 unspecified atom stereocenters. The summed E-state index contributed by atoms with van der Waals surface area (Å²) >= 11 is 0. The molecule has 0 bridgehead atoms. The minimum atomic E-state index is -1.07. The predicted molar refractivity (Wildman–Crippen MR) is 85.4 cm³/mol. The Hall–Kier alpha value is -2.37. The minimum absolute atomic E-state index is 0.0616. The Balaban J connectivity index is 1.81. The van der Waals surface area contributed by atoms with Gasteiger partial charge in [-0.05, 0) is 31.0 Å². The normalized spacial score (nSPS) is 14.9. The predicted octanol–water partition coefficient (Wildman–Crippen LogP) is 1.91. The van der Waals surface area contributed by atoms with Crippen LogP contribution in [-0.4, -0.2) is 47.4 Å². The van der Waals surface area contributed by atoms with Gasteiger partial charge in [-0.3, -0.25) is 9.59 Å². The smallest absolute Gasteiger partial charge is 0.335 e. The molecule has 0 saturated carbocycles. The first-order valence-corrected chi connectivity index (χ1v) is 7.97. The monoisotopic (exact) mass is 318 g/mol. The number of amides is 2. The van der Waals surface area contributed by atoms with Gasteiger partial charge < -0.3 is 15.3 Å². The van der Waals surface area contributed by atoms with Crippen LogP contribution in [0.5, 0.6) is 0 Å². The molecule has 6 heteroatoms. The van der Waals surface area contributed by atoms with Crippen LogP contribution in [0, 0.1) is 0 Å². The van der Waals surface area contributed by atoms with Crippen LogP contribution in [0.4, 0.5) is 0 Å². The Kier molecular flexibility index (Phi) is 6.14. The maximum Gasteiger partial charge on any atom is 0.335 e. The maximum absolute atomic E-state index is 12.1. The van der Waals surface area contributed by atoms with Gasteiger partial charge in [0.15, 0.2) is 0 Å². The van der Waals surface area contributed by atoms with E-state index >= 15 is 0 Å². The number of rotatable bonds is 5. The molecule has 1 aromatic carbocycles. The number of carbonyl (C=O) groups is 3. The van der Waals surface area contributed by atoms with Gasteiger partial charge in [0.25, 0.3) is 5.91 Å². The maximum atomic E-state index is 12.1. The third-order valence-electron chi connectivity index (χ3n) is 3.95. The molecule has 1 heterocycles. The molecule has 0 atom stereocenters. The van der Waals surface area contributed by atoms with Crippen LogP contribution in [0.25, 0.3) is 0 Å². The van der Waals surface area contributed by atoms with Gasteiger partial charge in [-0.25, -0.2) is 4.79 Å². The molecule has 1 aromatic rings. The van der Waals surface area contributed by atoms with E-state index < -0.39 is 5.97 Å². The molecule has 0 aliphatic carbocycles. The van der Waals surface area contributed by atoms with Crippen LogP contribution < -0.4 is 5.32 Å². The summed E-state index contributed by atoms with van der Waals surface area (Å²) in [7, 11) is 0. The van der Waals surface area contributed by atoms with Crippen molar-refractivity contribution in [3.63, 3.8) is 0 Å². The van der Waals surface area contributed by atoms with Crippen molar-refractivity contribution in [2.45, 2.75) is 32.1 Å². The average molecular weight is 318 g/mol. The lowest BCUT2D eigenvalue weighted by Crippen LogP contribution is -2.35. The van der Waals surface area contributed by atoms with Gasteiger partial charge in [0.1, 0.15) is 0 Å². The number of nitrogens with zero attached hydrogens (tertiary/aromatic N) is 1. The molecule has 23 heavy (non-hydrogen) atoms. The zero-order valence-corrected chi connectivity index (χ0v) is 13.1. The fraction of sp³-hybridized carbons (Fsp3) is 0.471. The molecule has 2 amide bonds. The van der Waals surface area contributed by atoms with E-state index in [2.05, 4.69) is 5.32 Å². The number of hydrogen-bond acceptors (Lipinski definition) is 3. The first-order valence-electron chi connectivity index (χ1n) is 7.97. The third kappa shape index (κ3) is 5.09. The van der Waals surface area contributed by atoms with Gasteiger partial charge in [-0.2, -0.15) is 0 Å². The number of likely N-dealkylation sites (tertiary alicyclic amines) is 1. The molecule has 1 aliphatic heterocycles. The van der Waals surface area contributed by atoms with E-state index in [0.717, 1.165) is 25.9 Å². The van der Waals surface area contributed by atoms with Gasteiger partial charge in [0, 0.05) is 31.6 Å². The molecule has 0 spiro atoms. The van der Waals surface area contributed by atoms with Crippen molar-refractivity contribution in [2.24, 2.45) is 0 Å². The van der Waals surface area contributed by atoms with E-state index in [1.54, 1.807) is 6.07 Å². The summed E-state index contributed by atoms with van der Waals surface area (Å²) in [4.78, 5) is 36.9. The number of nitrogens with one attached hydrogen (secondary N) is 1. The van der Waals surface area contributed by atoms with Crippen molar-refractivity contribution in [1.29, 1.82) is 0 Å². The summed E-state index contributed by atoms with van der Waals surface area (Å²) in [6, 6.07) is 5.84. The SMILES string of the molecule is O=C(O)c1cccc(C(=O)NCCC(=O)N2CCCCCC2)c1. The second kappa shape index (κ2) is 8.31. The van der Waals surface area contributed by atoms with Gasteiger partial charge in [-0.1, -0.05) is 18.9 Å². The number of carboxylic acid groups (broad SMARTS) is 1. The van der Waals surface area contributed by atoms with E-state index in [4.69, 9.17) is 5.11 Å². The summed E-state index contributed by atoms with van der Waals surface area (Å²) in [6.07, 6.45) is 4.69. The van der Waals surface area contributed by atoms with Gasteiger partial charge in [0.2, 0.25) is 5.91 Å². The Morgan fingerprint density at radius 1 is 1.04 bits per heavy atom. The lowest BCUT2D eigenvalue weighted by atomic mass is 10.1. The highest BCUT2D eigenvalue weighted by atomic mass is 16.4. The topological polar surface area (TPSA) is 86.7 Å². The quantitative estimate of drug-likeness (QED) is 0.868. The van der Waals surface area contributed by atoms with Crippen LogP contribution in [0.15, 0.2) is 24.3 Å². The molecule has 6 nitrogen and oxygen atoms in total. The molecule has 124 valence electrons. The zero-order valence-electron chi connectivity index (χ0n) is 13.1. The Labute approximate surface area is 135 Å². The van der Waals surface area contributed by atoms with Gasteiger partial charge in [-0.15, -0.1) is 0 Å². The first-order chi connectivity index (χ1) is 11.1. The fourth-order valence-electron chi connectivity index (χ4n) is 2.66. The van der Waals surface area contributed by atoms with E-state index in [0.29, 0.717) is 0 Å². The highest BCUT2D eigenvalue weighted by molar-refractivity contribution is 5.97. The summed E-state index contributed by atoms with van der Waals surface area (Å²) < 4.78 is 0. The molecule has 0 aromatic heterocycles. The Morgan fingerprint density at radius 2 is 1.70 bits per heavy atom. The molecular formula is C17H22N2O4. The van der Waals surface area contributed by atoms with E-state index in [-0.39, 0.29) is 35.9 Å². The van der Waals surface area contributed by atoms with E-state index in [1.807, 2.05) is 4.90 Å². The van der Waals surface area contributed by atoms with Crippen molar-refractivity contribution >= 4 is 17.8 Å². The summed E-state index contributed by atoms with van der Waals surface area (Å²) in [6.45, 7) is 1.85.